The van der Waals surface area contributed by atoms with E-state index in [0.717, 1.165) is 44.7 Å². The van der Waals surface area contributed by atoms with Crippen LogP contribution in [0.25, 0.3) is 82.5 Å². The van der Waals surface area contributed by atoms with E-state index in [1.807, 2.05) is 0 Å². The predicted molar refractivity (Wildman–Crippen MR) is 257 cm³/mol. The minimum atomic E-state index is -0.581. The standard InChI is InChI=1S/C59H36N2O/c1-3-15-37(16-4-1)38-29-32-41(33-30-38)60(40-17-5-2-6-18-40)42-35-39-31-34-52-58-55(39)49(36-42)59(46-22-10-7-19-43(46)44-20-8-11-23-47(44)59)48-24-13-25-51(57(48)58)61(52)50-26-14-28-54-56(50)45-21-9-12-27-53(45)62-54/h1-36H. The van der Waals surface area contributed by atoms with Crippen LogP contribution in [0.4, 0.5) is 17.1 Å². The van der Waals surface area contributed by atoms with Gasteiger partial charge in [-0.2, -0.15) is 0 Å². The molecule has 2 heterocycles. The van der Waals surface area contributed by atoms with Crippen LogP contribution < -0.4 is 4.90 Å². The average Bonchev–Trinajstić information content (AvgIpc) is 3.99. The Kier molecular flexibility index (Phi) is 6.76. The Bertz CT molecular complexity index is 3760. The lowest BCUT2D eigenvalue weighted by atomic mass is 9.63. The second-order valence-electron chi connectivity index (χ2n) is 16.8. The van der Waals surface area contributed by atoms with Crippen LogP contribution in [0.2, 0.25) is 0 Å². The highest BCUT2D eigenvalue weighted by molar-refractivity contribution is 6.27. The molecule has 2 aliphatic carbocycles. The number of hydrogen-bond donors (Lipinski definition) is 0. The van der Waals surface area contributed by atoms with Gasteiger partial charge in [-0.1, -0.05) is 152 Å². The molecule has 0 unspecified atom stereocenters. The summed E-state index contributed by atoms with van der Waals surface area (Å²) in [6.45, 7) is 0. The molecule has 0 saturated carbocycles. The summed E-state index contributed by atoms with van der Waals surface area (Å²) in [5.41, 5.74) is 18.3. The van der Waals surface area contributed by atoms with E-state index in [4.69, 9.17) is 4.42 Å². The van der Waals surface area contributed by atoms with E-state index in [2.05, 4.69) is 228 Å². The zero-order valence-electron chi connectivity index (χ0n) is 33.6. The Morgan fingerprint density at radius 1 is 0.371 bits per heavy atom. The van der Waals surface area contributed by atoms with Crippen molar-refractivity contribution in [1.82, 2.24) is 4.57 Å². The number of benzene rings is 10. The lowest BCUT2D eigenvalue weighted by molar-refractivity contribution is 0.669. The Labute approximate surface area is 358 Å². The van der Waals surface area contributed by atoms with Gasteiger partial charge in [0.1, 0.15) is 11.2 Å². The van der Waals surface area contributed by atoms with Crippen LogP contribution in [0.15, 0.2) is 223 Å². The second-order valence-corrected chi connectivity index (χ2v) is 16.8. The molecule has 10 aromatic carbocycles. The van der Waals surface area contributed by atoms with Crippen molar-refractivity contribution < 1.29 is 4.42 Å². The maximum atomic E-state index is 6.49. The quantitative estimate of drug-likeness (QED) is 0.173. The number of anilines is 3. The lowest BCUT2D eigenvalue weighted by Crippen LogP contribution is -2.31. The van der Waals surface area contributed by atoms with Crippen LogP contribution in [-0.2, 0) is 5.41 Å². The monoisotopic (exact) mass is 788 g/mol. The van der Waals surface area contributed by atoms with Crippen LogP contribution in [0, 0.1) is 0 Å². The summed E-state index contributed by atoms with van der Waals surface area (Å²) in [6.07, 6.45) is 0. The molecule has 0 N–H and O–H groups in total. The fourth-order valence-corrected chi connectivity index (χ4v) is 11.4. The third-order valence-corrected chi connectivity index (χ3v) is 13.7. The van der Waals surface area contributed by atoms with Crippen molar-refractivity contribution >= 4 is 71.6 Å². The van der Waals surface area contributed by atoms with Gasteiger partial charge in [0.15, 0.2) is 0 Å². The van der Waals surface area contributed by atoms with Crippen molar-refractivity contribution in [1.29, 1.82) is 0 Å². The Morgan fingerprint density at radius 3 is 1.77 bits per heavy atom. The topological polar surface area (TPSA) is 21.3 Å². The van der Waals surface area contributed by atoms with Crippen LogP contribution >= 0.6 is 0 Å². The molecular formula is C59H36N2O. The van der Waals surface area contributed by atoms with Gasteiger partial charge in [0.25, 0.3) is 0 Å². The minimum absolute atomic E-state index is 0.581. The second kappa shape index (κ2) is 12.4. The molecule has 3 nitrogen and oxygen atoms in total. The van der Waals surface area contributed by atoms with E-state index < -0.39 is 5.41 Å². The highest BCUT2D eigenvalue weighted by atomic mass is 16.3. The van der Waals surface area contributed by atoms with Gasteiger partial charge in [-0.05, 0) is 122 Å². The normalized spacial score (nSPS) is 13.3. The Hall–Kier alpha value is -8.14. The lowest BCUT2D eigenvalue weighted by Gasteiger charge is -2.39. The van der Waals surface area contributed by atoms with E-state index in [9.17, 15) is 0 Å². The zero-order chi connectivity index (χ0) is 40.5. The SMILES string of the molecule is c1ccc(-c2ccc(N(c3ccccc3)c3cc4c5c(ccc6c5c5c(cccc5n6-c5cccc6oc7ccccc7c56)C45c4ccccc4-c4ccccc45)c3)cc2)cc1. The summed E-state index contributed by atoms with van der Waals surface area (Å²) < 4.78 is 9.00. The van der Waals surface area contributed by atoms with Gasteiger partial charge in [-0.15, -0.1) is 0 Å². The summed E-state index contributed by atoms with van der Waals surface area (Å²) in [4.78, 5) is 2.43. The van der Waals surface area contributed by atoms with Crippen LogP contribution in [0.1, 0.15) is 22.3 Å². The molecular weight excluding hydrogens is 753 g/mol. The number of aromatic nitrogens is 1. The summed E-state index contributed by atoms with van der Waals surface area (Å²) in [7, 11) is 0. The molecule has 0 bridgehead atoms. The van der Waals surface area contributed by atoms with E-state index >= 15 is 0 Å². The first kappa shape index (κ1) is 33.7. The van der Waals surface area contributed by atoms with Crippen molar-refractivity contribution in [2.45, 2.75) is 5.41 Å². The summed E-state index contributed by atoms with van der Waals surface area (Å²) in [6, 6.07) is 80.3. The predicted octanol–water partition coefficient (Wildman–Crippen LogP) is 15.6. The molecule has 0 aliphatic heterocycles. The van der Waals surface area contributed by atoms with Gasteiger partial charge in [0.2, 0.25) is 0 Å². The molecule has 12 aromatic rings. The van der Waals surface area contributed by atoms with E-state index in [-0.39, 0.29) is 0 Å². The fourth-order valence-electron chi connectivity index (χ4n) is 11.4. The van der Waals surface area contributed by atoms with Crippen molar-refractivity contribution in [2.75, 3.05) is 4.90 Å². The van der Waals surface area contributed by atoms with Gasteiger partial charge in [0, 0.05) is 33.2 Å². The molecule has 3 heteroatoms. The maximum Gasteiger partial charge on any atom is 0.137 e. The molecule has 0 fully saturated rings. The summed E-state index contributed by atoms with van der Waals surface area (Å²) >= 11 is 0. The number of nitrogens with zero attached hydrogens (tertiary/aromatic N) is 2. The first-order valence-electron chi connectivity index (χ1n) is 21.4. The molecule has 0 atom stereocenters. The number of para-hydroxylation sites is 2. The molecule has 1 spiro atoms. The highest BCUT2D eigenvalue weighted by Crippen LogP contribution is 2.63. The minimum Gasteiger partial charge on any atom is -0.456 e. The van der Waals surface area contributed by atoms with E-state index in [0.29, 0.717) is 0 Å². The molecule has 0 amide bonds. The average molecular weight is 789 g/mol. The van der Waals surface area contributed by atoms with Gasteiger partial charge in [-0.25, -0.2) is 0 Å². The fraction of sp³-hybridized carbons (Fsp3) is 0.0169. The largest absolute Gasteiger partial charge is 0.456 e. The smallest absolute Gasteiger partial charge is 0.137 e. The van der Waals surface area contributed by atoms with Gasteiger partial charge in [-0.3, -0.25) is 0 Å². The maximum absolute atomic E-state index is 6.49. The first-order valence-corrected chi connectivity index (χ1v) is 21.4. The number of fused-ring (bicyclic) bond motifs is 10. The molecule has 14 rings (SSSR count). The van der Waals surface area contributed by atoms with E-state index in [1.54, 1.807) is 0 Å². The molecule has 2 aliphatic rings. The summed E-state index contributed by atoms with van der Waals surface area (Å²) in [5, 5.41) is 7.38. The Morgan fingerprint density at radius 2 is 0.984 bits per heavy atom. The third kappa shape index (κ3) is 4.34. The van der Waals surface area contributed by atoms with Crippen molar-refractivity contribution in [3.63, 3.8) is 0 Å². The van der Waals surface area contributed by atoms with Crippen molar-refractivity contribution in [2.24, 2.45) is 0 Å². The van der Waals surface area contributed by atoms with Gasteiger partial charge >= 0.3 is 0 Å². The van der Waals surface area contributed by atoms with E-state index in [1.165, 1.54) is 77.1 Å². The van der Waals surface area contributed by atoms with Gasteiger partial charge in [0.05, 0.1) is 27.5 Å². The van der Waals surface area contributed by atoms with Crippen molar-refractivity contribution in [3.05, 3.63) is 241 Å². The zero-order valence-corrected chi connectivity index (χ0v) is 33.6. The molecule has 62 heavy (non-hydrogen) atoms. The molecule has 0 saturated heterocycles. The van der Waals surface area contributed by atoms with Gasteiger partial charge < -0.3 is 13.9 Å². The van der Waals surface area contributed by atoms with Crippen LogP contribution in [0.5, 0.6) is 0 Å². The summed E-state index contributed by atoms with van der Waals surface area (Å²) in [5.74, 6) is 0. The van der Waals surface area contributed by atoms with Crippen LogP contribution in [-0.4, -0.2) is 4.57 Å². The highest BCUT2D eigenvalue weighted by Gasteiger charge is 2.50. The number of furan rings is 1. The van der Waals surface area contributed by atoms with Crippen LogP contribution in [0.3, 0.4) is 0 Å². The third-order valence-electron chi connectivity index (χ3n) is 13.7. The molecule has 2 aromatic heterocycles. The molecule has 0 radical (unpaired) electrons. The number of hydrogen-bond acceptors (Lipinski definition) is 2. The first-order chi connectivity index (χ1) is 30.8. The molecule has 288 valence electrons. The number of rotatable bonds is 5. The van der Waals surface area contributed by atoms with Crippen molar-refractivity contribution in [3.8, 4) is 27.9 Å². The Balaban J connectivity index is 1.12.